The van der Waals surface area contributed by atoms with E-state index in [-0.39, 0.29) is 49.6 Å². The number of nitrogens with one attached hydrogen (secondary N) is 2. The predicted molar refractivity (Wildman–Crippen MR) is 144 cm³/mol. The third-order valence-corrected chi connectivity index (χ3v) is 7.23. The zero-order valence-electron chi connectivity index (χ0n) is 20.3. The van der Waals surface area contributed by atoms with Crippen molar-refractivity contribution >= 4 is 45.7 Å². The second-order valence-electron chi connectivity index (χ2n) is 9.21. The zero-order valence-corrected chi connectivity index (χ0v) is 21.8. The van der Waals surface area contributed by atoms with Crippen LogP contribution in [0.1, 0.15) is 35.4 Å². The number of pyridine rings is 1. The van der Waals surface area contributed by atoms with Crippen molar-refractivity contribution in [3.05, 3.63) is 85.9 Å². The van der Waals surface area contributed by atoms with Crippen molar-refractivity contribution in [2.75, 3.05) is 18.4 Å². The number of fused-ring (bicyclic) bond motifs is 1. The lowest BCUT2D eigenvalue weighted by atomic mass is 9.86. The van der Waals surface area contributed by atoms with Crippen LogP contribution in [0.2, 0.25) is 10.0 Å². The molecule has 200 valence electrons. The van der Waals surface area contributed by atoms with Crippen LogP contribution in [-0.4, -0.2) is 33.8 Å². The van der Waals surface area contributed by atoms with E-state index >= 15 is 0 Å². The molecule has 1 saturated heterocycles. The third kappa shape index (κ3) is 5.71. The highest BCUT2D eigenvalue weighted by molar-refractivity contribution is 6.37. The fraction of sp³-hybridized carbons (Fsp3) is 0.259. The van der Waals surface area contributed by atoms with Crippen molar-refractivity contribution in [2.24, 2.45) is 0 Å². The molecule has 7 nitrogen and oxygen atoms in total. The number of halogens is 5. The minimum Gasteiger partial charge on any atom is -0.324 e. The summed E-state index contributed by atoms with van der Waals surface area (Å²) in [6.07, 6.45) is -1.34. The van der Waals surface area contributed by atoms with Crippen molar-refractivity contribution in [3.8, 4) is 11.8 Å². The molecule has 5 rings (SSSR count). The van der Waals surface area contributed by atoms with E-state index in [1.54, 1.807) is 30.3 Å². The van der Waals surface area contributed by atoms with E-state index in [1.165, 1.54) is 23.0 Å². The minimum atomic E-state index is -4.37. The number of hydrogen-bond acceptors (Lipinski definition) is 6. The number of hydrogen-bond donors (Lipinski definition) is 2. The molecule has 0 aliphatic carbocycles. The molecule has 1 aliphatic rings. The van der Waals surface area contributed by atoms with Crippen molar-refractivity contribution in [3.63, 3.8) is 0 Å². The van der Waals surface area contributed by atoms with Gasteiger partial charge in [0.05, 0.1) is 33.1 Å². The minimum absolute atomic E-state index is 0.0273. The molecule has 2 aromatic heterocycles. The van der Waals surface area contributed by atoms with Gasteiger partial charge in [-0.05, 0) is 67.2 Å². The summed E-state index contributed by atoms with van der Waals surface area (Å²) >= 11 is 12.5. The number of anilines is 2. The van der Waals surface area contributed by atoms with E-state index in [0.29, 0.717) is 11.3 Å². The smallest absolute Gasteiger partial charge is 0.324 e. The molecule has 4 aromatic rings. The standard InChI is InChI=1S/C27H21Cl2F3N6O/c28-21-2-1-3-22(29)24(21)38-14-17(12-33)23-20(25(38)39)13-35-26(37-23)36-18-4-5-19(15-6-8-34-9-7-15)16(10-18)11-27(30,31)32/h1-5,10,13-15,34H,6-9,11H2,(H,35,36,37). The summed E-state index contributed by atoms with van der Waals surface area (Å²) < 4.78 is 41.4. The predicted octanol–water partition coefficient (Wildman–Crippen LogP) is 6.27. The number of nitriles is 1. The highest BCUT2D eigenvalue weighted by atomic mass is 35.5. The van der Waals surface area contributed by atoms with E-state index in [0.717, 1.165) is 25.9 Å². The number of nitrogens with zero attached hydrogens (tertiary/aromatic N) is 4. The molecule has 0 atom stereocenters. The van der Waals surface area contributed by atoms with Gasteiger partial charge >= 0.3 is 6.18 Å². The molecule has 1 aliphatic heterocycles. The molecule has 0 unspecified atom stereocenters. The van der Waals surface area contributed by atoms with Gasteiger partial charge in [-0.3, -0.25) is 9.36 Å². The van der Waals surface area contributed by atoms with Crippen molar-refractivity contribution in [2.45, 2.75) is 31.4 Å². The number of rotatable bonds is 5. The Hall–Kier alpha value is -3.65. The van der Waals surface area contributed by atoms with Gasteiger partial charge in [0.2, 0.25) is 5.95 Å². The van der Waals surface area contributed by atoms with Gasteiger partial charge in [0.1, 0.15) is 11.6 Å². The molecular formula is C27H21Cl2F3N6O. The van der Waals surface area contributed by atoms with Crippen molar-refractivity contribution < 1.29 is 13.2 Å². The Morgan fingerprint density at radius 3 is 2.54 bits per heavy atom. The van der Waals surface area contributed by atoms with Crippen LogP contribution in [0.3, 0.4) is 0 Å². The lowest BCUT2D eigenvalue weighted by Gasteiger charge is -2.26. The molecule has 0 spiro atoms. The summed E-state index contributed by atoms with van der Waals surface area (Å²) in [6.45, 7) is 1.51. The average Bonchev–Trinajstić information content (AvgIpc) is 2.89. The maximum absolute atomic E-state index is 13.4. The Kier molecular flexibility index (Phi) is 7.49. The molecule has 1 fully saturated rings. The molecule has 3 heterocycles. The van der Waals surface area contributed by atoms with Crippen LogP contribution >= 0.6 is 23.2 Å². The lowest BCUT2D eigenvalue weighted by molar-refractivity contribution is -0.127. The first-order valence-electron chi connectivity index (χ1n) is 12.1. The molecule has 0 amide bonds. The van der Waals surface area contributed by atoms with Gasteiger partial charge in [-0.25, -0.2) is 9.97 Å². The summed E-state index contributed by atoms with van der Waals surface area (Å²) in [7, 11) is 0. The van der Waals surface area contributed by atoms with Crippen LogP contribution < -0.4 is 16.2 Å². The number of benzene rings is 2. The second-order valence-corrected chi connectivity index (χ2v) is 10.0. The molecule has 12 heteroatoms. The zero-order chi connectivity index (χ0) is 27.7. The second kappa shape index (κ2) is 10.8. The Morgan fingerprint density at radius 2 is 1.87 bits per heavy atom. The van der Waals surface area contributed by atoms with Crippen LogP contribution in [0.15, 0.2) is 53.6 Å². The third-order valence-electron chi connectivity index (χ3n) is 6.62. The van der Waals surface area contributed by atoms with Gasteiger partial charge in [-0.1, -0.05) is 35.3 Å². The maximum Gasteiger partial charge on any atom is 0.393 e. The largest absolute Gasteiger partial charge is 0.393 e. The van der Waals surface area contributed by atoms with E-state index in [9.17, 15) is 23.2 Å². The number of piperidine rings is 1. The van der Waals surface area contributed by atoms with Gasteiger partial charge in [-0.2, -0.15) is 18.4 Å². The van der Waals surface area contributed by atoms with Crippen LogP contribution in [0.25, 0.3) is 16.6 Å². The lowest BCUT2D eigenvalue weighted by Crippen LogP contribution is -2.27. The first-order valence-corrected chi connectivity index (χ1v) is 12.8. The summed E-state index contributed by atoms with van der Waals surface area (Å²) in [5, 5.41) is 16.4. The Labute approximate surface area is 231 Å². The van der Waals surface area contributed by atoms with Crippen LogP contribution in [0.4, 0.5) is 24.8 Å². The van der Waals surface area contributed by atoms with Gasteiger partial charge in [0, 0.05) is 18.1 Å². The topological polar surface area (TPSA) is 95.6 Å². The highest BCUT2D eigenvalue weighted by Gasteiger charge is 2.30. The Bertz CT molecular complexity index is 1640. The van der Waals surface area contributed by atoms with Gasteiger partial charge in [-0.15, -0.1) is 0 Å². The molecule has 39 heavy (non-hydrogen) atoms. The summed E-state index contributed by atoms with van der Waals surface area (Å²) in [5.74, 6) is 0.0704. The SMILES string of the molecule is N#Cc1cn(-c2c(Cl)cccc2Cl)c(=O)c2cnc(Nc3ccc(C4CCNCC4)c(CC(F)(F)F)c3)nc12. The van der Waals surface area contributed by atoms with Gasteiger partial charge in [0.25, 0.3) is 5.56 Å². The Balaban J connectivity index is 1.53. The monoisotopic (exact) mass is 572 g/mol. The first-order chi connectivity index (χ1) is 18.6. The van der Waals surface area contributed by atoms with Gasteiger partial charge in [0.15, 0.2) is 0 Å². The van der Waals surface area contributed by atoms with E-state index in [1.807, 2.05) is 6.07 Å². The molecule has 0 bridgehead atoms. The van der Waals surface area contributed by atoms with Crippen molar-refractivity contribution in [1.29, 1.82) is 5.26 Å². The van der Waals surface area contributed by atoms with Crippen LogP contribution in [-0.2, 0) is 6.42 Å². The maximum atomic E-state index is 13.4. The quantitative estimate of drug-likeness (QED) is 0.292. The molecular weight excluding hydrogens is 552 g/mol. The van der Waals surface area contributed by atoms with Crippen LogP contribution in [0.5, 0.6) is 0 Å². The van der Waals surface area contributed by atoms with E-state index < -0.39 is 18.2 Å². The highest BCUT2D eigenvalue weighted by Crippen LogP contribution is 2.34. The summed E-state index contributed by atoms with van der Waals surface area (Å²) in [4.78, 5) is 21.8. The first kappa shape index (κ1) is 26.9. The fourth-order valence-electron chi connectivity index (χ4n) is 4.86. The van der Waals surface area contributed by atoms with Crippen molar-refractivity contribution in [1.82, 2.24) is 19.9 Å². The van der Waals surface area contributed by atoms with Crippen LogP contribution in [0, 0.1) is 11.3 Å². The van der Waals surface area contributed by atoms with E-state index in [2.05, 4.69) is 20.6 Å². The fourth-order valence-corrected chi connectivity index (χ4v) is 5.44. The Morgan fingerprint density at radius 1 is 1.15 bits per heavy atom. The molecule has 0 saturated carbocycles. The average molecular weight is 573 g/mol. The van der Waals surface area contributed by atoms with Gasteiger partial charge < -0.3 is 10.6 Å². The molecule has 2 aromatic carbocycles. The number of para-hydroxylation sites is 1. The van der Waals surface area contributed by atoms with E-state index in [4.69, 9.17) is 23.2 Å². The summed E-state index contributed by atoms with van der Waals surface area (Å²) in [5.41, 5.74) is 1.07. The normalized spacial score (nSPS) is 14.4. The summed E-state index contributed by atoms with van der Waals surface area (Å²) in [6, 6.07) is 11.7. The number of alkyl halides is 3. The molecule has 0 radical (unpaired) electrons. The number of aromatic nitrogens is 3. The molecule has 2 N–H and O–H groups in total.